The molecule has 0 radical (unpaired) electrons. The number of carbonyl (C=O) groups excluding carboxylic acids is 1. The monoisotopic (exact) mass is 202 g/mol. The highest BCUT2D eigenvalue weighted by molar-refractivity contribution is 6.31. The van der Waals surface area contributed by atoms with E-state index in [0.29, 0.717) is 0 Å². The van der Waals surface area contributed by atoms with Crippen molar-refractivity contribution in [2.75, 3.05) is 0 Å². The summed E-state index contributed by atoms with van der Waals surface area (Å²) in [5.41, 5.74) is -0.255. The quantitative estimate of drug-likeness (QED) is 0.658. The minimum absolute atomic E-state index is 0.0641. The van der Waals surface area contributed by atoms with Crippen LogP contribution in [0.15, 0.2) is 16.7 Å². The maximum absolute atomic E-state index is 11.4. The molecule has 1 rings (SSSR count). The number of ether oxygens (including phenoxy) is 1. The second-order valence-electron chi connectivity index (χ2n) is 3.61. The lowest BCUT2D eigenvalue weighted by molar-refractivity contribution is 0.00692. The normalized spacial score (nSPS) is 11.4. The Bertz CT molecular complexity index is 309. The van der Waals surface area contributed by atoms with Crippen LogP contribution in [0.5, 0.6) is 0 Å². The molecule has 0 bridgehead atoms. The third kappa shape index (κ3) is 2.77. The van der Waals surface area contributed by atoms with Crippen molar-refractivity contribution in [3.05, 3.63) is 23.1 Å². The number of carbonyl (C=O) groups is 1. The van der Waals surface area contributed by atoms with E-state index in [1.165, 1.54) is 12.3 Å². The zero-order valence-electron chi connectivity index (χ0n) is 7.76. The Balaban J connectivity index is 2.76. The Hall–Kier alpha value is -0.960. The number of furan rings is 1. The van der Waals surface area contributed by atoms with Crippen molar-refractivity contribution in [2.24, 2.45) is 0 Å². The van der Waals surface area contributed by atoms with Crippen LogP contribution >= 0.6 is 11.6 Å². The van der Waals surface area contributed by atoms with E-state index in [4.69, 9.17) is 20.8 Å². The zero-order valence-corrected chi connectivity index (χ0v) is 8.51. The molecule has 13 heavy (non-hydrogen) atoms. The van der Waals surface area contributed by atoms with Crippen molar-refractivity contribution < 1.29 is 13.9 Å². The lowest BCUT2D eigenvalue weighted by atomic mass is 10.2. The van der Waals surface area contributed by atoms with E-state index in [-0.39, 0.29) is 10.8 Å². The summed E-state index contributed by atoms with van der Waals surface area (Å²) in [6.45, 7) is 5.37. The Morgan fingerprint density at radius 1 is 1.54 bits per heavy atom. The fourth-order valence-corrected chi connectivity index (χ4v) is 0.964. The highest BCUT2D eigenvalue weighted by Gasteiger charge is 2.21. The van der Waals surface area contributed by atoms with Gasteiger partial charge in [0.2, 0.25) is 5.22 Å². The standard InChI is InChI=1S/C9H11ClO3/c1-9(2,3)13-8(11)6-4-5-12-7(6)10/h4-5H,1-3H3. The van der Waals surface area contributed by atoms with Gasteiger partial charge in [-0.15, -0.1) is 0 Å². The third-order valence-corrected chi connectivity index (χ3v) is 1.53. The van der Waals surface area contributed by atoms with E-state index in [9.17, 15) is 4.79 Å². The van der Waals surface area contributed by atoms with Crippen molar-refractivity contribution in [1.82, 2.24) is 0 Å². The van der Waals surface area contributed by atoms with Crippen LogP contribution in [0.1, 0.15) is 31.1 Å². The van der Waals surface area contributed by atoms with Crippen molar-refractivity contribution in [1.29, 1.82) is 0 Å². The Morgan fingerprint density at radius 3 is 2.54 bits per heavy atom. The van der Waals surface area contributed by atoms with Gasteiger partial charge in [-0.25, -0.2) is 4.79 Å². The third-order valence-electron chi connectivity index (χ3n) is 1.24. The topological polar surface area (TPSA) is 39.4 Å². The van der Waals surface area contributed by atoms with Crippen molar-refractivity contribution in [3.63, 3.8) is 0 Å². The number of halogens is 1. The van der Waals surface area contributed by atoms with Crippen LogP contribution in [0.4, 0.5) is 0 Å². The first-order chi connectivity index (χ1) is 5.90. The average Bonchev–Trinajstić information content (AvgIpc) is 2.30. The largest absolute Gasteiger partial charge is 0.456 e. The zero-order chi connectivity index (χ0) is 10.1. The van der Waals surface area contributed by atoms with Gasteiger partial charge in [-0.3, -0.25) is 0 Å². The predicted octanol–water partition coefficient (Wildman–Crippen LogP) is 2.89. The molecule has 0 aliphatic rings. The Kier molecular flexibility index (Phi) is 2.66. The first-order valence-corrected chi connectivity index (χ1v) is 4.24. The van der Waals surface area contributed by atoms with E-state index < -0.39 is 11.6 Å². The molecule has 0 amide bonds. The highest BCUT2D eigenvalue weighted by atomic mass is 35.5. The van der Waals surface area contributed by atoms with Gasteiger partial charge < -0.3 is 9.15 Å². The summed E-state index contributed by atoms with van der Waals surface area (Å²) in [6, 6.07) is 1.48. The molecule has 3 nitrogen and oxygen atoms in total. The summed E-state index contributed by atoms with van der Waals surface area (Å²) in [4.78, 5) is 11.4. The lowest BCUT2D eigenvalue weighted by Gasteiger charge is -2.18. The van der Waals surface area contributed by atoms with Crippen LogP contribution in [0.3, 0.4) is 0 Å². The van der Waals surface area contributed by atoms with Gasteiger partial charge in [0.05, 0.1) is 6.26 Å². The molecule has 0 unspecified atom stereocenters. The first kappa shape index (κ1) is 10.1. The summed E-state index contributed by atoms with van der Waals surface area (Å²) < 4.78 is 9.84. The van der Waals surface area contributed by atoms with Gasteiger partial charge in [-0.05, 0) is 38.4 Å². The molecule has 0 fully saturated rings. The second-order valence-corrected chi connectivity index (χ2v) is 3.95. The Labute approximate surface area is 81.6 Å². The number of esters is 1. The summed E-state index contributed by atoms with van der Waals surface area (Å²) in [6.07, 6.45) is 1.35. The van der Waals surface area contributed by atoms with Crippen LogP contribution < -0.4 is 0 Å². The molecular formula is C9H11ClO3. The first-order valence-electron chi connectivity index (χ1n) is 3.86. The van der Waals surface area contributed by atoms with E-state index in [1.54, 1.807) is 20.8 Å². The second kappa shape index (κ2) is 3.42. The molecule has 0 aliphatic heterocycles. The summed E-state index contributed by atoms with van der Waals surface area (Å²) in [7, 11) is 0. The predicted molar refractivity (Wildman–Crippen MR) is 48.9 cm³/mol. The van der Waals surface area contributed by atoms with Gasteiger partial charge in [0, 0.05) is 0 Å². The molecule has 0 aliphatic carbocycles. The van der Waals surface area contributed by atoms with Crippen LogP contribution in [0, 0.1) is 0 Å². The van der Waals surface area contributed by atoms with Gasteiger partial charge in [-0.1, -0.05) is 0 Å². The maximum Gasteiger partial charge on any atom is 0.343 e. The van der Waals surface area contributed by atoms with Gasteiger partial charge >= 0.3 is 5.97 Å². The van der Waals surface area contributed by atoms with Crippen molar-refractivity contribution >= 4 is 17.6 Å². The van der Waals surface area contributed by atoms with E-state index in [1.807, 2.05) is 0 Å². The molecule has 0 spiro atoms. The average molecular weight is 203 g/mol. The van der Waals surface area contributed by atoms with E-state index in [2.05, 4.69) is 0 Å². The minimum Gasteiger partial charge on any atom is -0.456 e. The SMILES string of the molecule is CC(C)(C)OC(=O)c1ccoc1Cl. The van der Waals surface area contributed by atoms with E-state index in [0.717, 1.165) is 0 Å². The fraction of sp³-hybridized carbons (Fsp3) is 0.444. The van der Waals surface area contributed by atoms with Crippen LogP contribution in [-0.2, 0) is 4.74 Å². The summed E-state index contributed by atoms with van der Waals surface area (Å²) >= 11 is 5.60. The molecule has 1 heterocycles. The molecule has 0 atom stereocenters. The molecule has 0 N–H and O–H groups in total. The lowest BCUT2D eigenvalue weighted by Crippen LogP contribution is -2.23. The van der Waals surface area contributed by atoms with Gasteiger partial charge in [0.25, 0.3) is 0 Å². The fourth-order valence-electron chi connectivity index (χ4n) is 0.772. The molecule has 1 aromatic rings. The van der Waals surface area contributed by atoms with Crippen LogP contribution in [-0.4, -0.2) is 11.6 Å². The summed E-state index contributed by atoms with van der Waals surface area (Å²) in [5, 5.41) is 0.0641. The van der Waals surface area contributed by atoms with Gasteiger partial charge in [-0.2, -0.15) is 0 Å². The van der Waals surface area contributed by atoms with Crippen LogP contribution in [0.2, 0.25) is 5.22 Å². The summed E-state index contributed by atoms with van der Waals surface area (Å²) in [5.74, 6) is -0.466. The molecule has 0 saturated heterocycles. The number of hydrogen-bond acceptors (Lipinski definition) is 3. The van der Waals surface area contributed by atoms with Crippen LogP contribution in [0.25, 0.3) is 0 Å². The maximum atomic E-state index is 11.4. The smallest absolute Gasteiger partial charge is 0.343 e. The van der Waals surface area contributed by atoms with Gasteiger partial charge in [0.15, 0.2) is 0 Å². The molecule has 0 aromatic carbocycles. The molecule has 4 heteroatoms. The molecule has 1 aromatic heterocycles. The van der Waals surface area contributed by atoms with E-state index >= 15 is 0 Å². The van der Waals surface area contributed by atoms with Gasteiger partial charge in [0.1, 0.15) is 11.2 Å². The van der Waals surface area contributed by atoms with Crippen molar-refractivity contribution in [3.8, 4) is 0 Å². The molecule has 0 saturated carbocycles. The number of rotatable bonds is 1. The number of hydrogen-bond donors (Lipinski definition) is 0. The Morgan fingerprint density at radius 2 is 2.15 bits per heavy atom. The molecular weight excluding hydrogens is 192 g/mol. The highest BCUT2D eigenvalue weighted by Crippen LogP contribution is 2.20. The minimum atomic E-state index is -0.516. The van der Waals surface area contributed by atoms with Crippen molar-refractivity contribution in [2.45, 2.75) is 26.4 Å². The molecule has 72 valence electrons.